The van der Waals surface area contributed by atoms with Crippen molar-refractivity contribution in [1.29, 1.82) is 0 Å². The third kappa shape index (κ3) is 2.34. The number of aromatic nitrogens is 1. The highest BCUT2D eigenvalue weighted by Crippen LogP contribution is 2.31. The number of para-hydroxylation sites is 1. The summed E-state index contributed by atoms with van der Waals surface area (Å²) < 4.78 is 1.86. The molecule has 7 nitrogen and oxygen atoms in total. The van der Waals surface area contributed by atoms with E-state index in [9.17, 15) is 19.5 Å². The van der Waals surface area contributed by atoms with Crippen LogP contribution in [0.2, 0.25) is 0 Å². The number of carbonyl (C=O) groups is 2. The number of aryl methyl sites for hydroxylation is 1. The van der Waals surface area contributed by atoms with E-state index in [1.165, 1.54) is 0 Å². The molecule has 130 valence electrons. The first kappa shape index (κ1) is 15.8. The number of ketones is 1. The fourth-order valence-corrected chi connectivity index (χ4v) is 3.83. The average molecular weight is 341 g/mol. The topological polar surface area (TPSA) is 82.8 Å². The van der Waals surface area contributed by atoms with Gasteiger partial charge in [0.05, 0.1) is 5.52 Å². The molecule has 2 aromatic rings. The minimum atomic E-state index is -1.22. The van der Waals surface area contributed by atoms with Gasteiger partial charge >= 0.3 is 5.97 Å². The normalized spacial score (nSPS) is 18.0. The Labute approximate surface area is 144 Å². The number of hydrogen-bond donors (Lipinski definition) is 1. The Hall–Kier alpha value is -2.67. The Bertz CT molecular complexity index is 955. The van der Waals surface area contributed by atoms with E-state index in [0.717, 1.165) is 13.1 Å². The summed E-state index contributed by atoms with van der Waals surface area (Å²) in [6.45, 7) is 3.29. The minimum absolute atomic E-state index is 0.00241. The summed E-state index contributed by atoms with van der Waals surface area (Å²) in [5.74, 6) is -0.776. The monoisotopic (exact) mass is 341 g/mol. The van der Waals surface area contributed by atoms with Crippen LogP contribution in [0.15, 0.2) is 23.0 Å². The second-order valence-corrected chi connectivity index (χ2v) is 6.65. The Balaban J connectivity index is 2.07. The van der Waals surface area contributed by atoms with E-state index in [2.05, 4.69) is 4.90 Å². The molecule has 0 saturated carbocycles. The first-order valence-electron chi connectivity index (χ1n) is 8.38. The molecule has 7 heteroatoms. The van der Waals surface area contributed by atoms with Gasteiger partial charge in [0, 0.05) is 50.1 Å². The summed E-state index contributed by atoms with van der Waals surface area (Å²) in [5, 5.41) is 10.0. The van der Waals surface area contributed by atoms with Crippen LogP contribution in [0, 0.1) is 0 Å². The fourth-order valence-electron chi connectivity index (χ4n) is 3.83. The van der Waals surface area contributed by atoms with Gasteiger partial charge in [-0.3, -0.25) is 9.59 Å². The molecule has 1 aromatic heterocycles. The Morgan fingerprint density at radius 2 is 1.80 bits per heavy atom. The minimum Gasteiger partial charge on any atom is -0.477 e. The molecule has 0 atom stereocenters. The number of carbonyl (C=O) groups excluding carboxylic acids is 1. The maximum Gasteiger partial charge on any atom is 0.343 e. The van der Waals surface area contributed by atoms with Crippen molar-refractivity contribution in [2.24, 2.45) is 0 Å². The summed E-state index contributed by atoms with van der Waals surface area (Å²) in [5.41, 5.74) is 0.378. The Morgan fingerprint density at radius 1 is 1.08 bits per heavy atom. The zero-order valence-corrected chi connectivity index (χ0v) is 14.0. The fraction of sp³-hybridized carbons (Fsp3) is 0.389. The number of hydrogen-bond acceptors (Lipinski definition) is 5. The number of pyridine rings is 1. The molecule has 0 spiro atoms. The quantitative estimate of drug-likeness (QED) is 0.879. The highest BCUT2D eigenvalue weighted by atomic mass is 16.4. The predicted molar refractivity (Wildman–Crippen MR) is 93.8 cm³/mol. The molecule has 0 amide bonds. The highest BCUT2D eigenvalue weighted by Gasteiger charge is 2.31. The molecule has 0 aliphatic carbocycles. The number of rotatable bonds is 2. The number of nitrogens with zero attached hydrogens (tertiary/aromatic N) is 3. The SMILES string of the molecule is CN1CCN(c2c(C(=O)O)c(=O)c3cccc4c3n2CCC4=O)CC1. The molecule has 4 rings (SSSR count). The number of Topliss-reactive ketones (excluding diaryl/α,β-unsaturated/α-hetero) is 1. The van der Waals surface area contributed by atoms with Crippen molar-refractivity contribution in [3.63, 3.8) is 0 Å². The molecule has 25 heavy (non-hydrogen) atoms. The van der Waals surface area contributed by atoms with E-state index >= 15 is 0 Å². The predicted octanol–water partition coefficient (Wildman–Crippen LogP) is 1.04. The van der Waals surface area contributed by atoms with Crippen LogP contribution in [0.4, 0.5) is 5.82 Å². The summed E-state index contributed by atoms with van der Waals surface area (Å²) in [7, 11) is 2.02. The van der Waals surface area contributed by atoms with Gasteiger partial charge in [-0.2, -0.15) is 0 Å². The number of benzene rings is 1. The maximum absolute atomic E-state index is 12.9. The van der Waals surface area contributed by atoms with Gasteiger partial charge in [-0.05, 0) is 19.2 Å². The van der Waals surface area contributed by atoms with Crippen LogP contribution < -0.4 is 10.3 Å². The lowest BCUT2D eigenvalue weighted by Crippen LogP contribution is -2.47. The van der Waals surface area contributed by atoms with Gasteiger partial charge < -0.3 is 19.5 Å². The van der Waals surface area contributed by atoms with Crippen molar-refractivity contribution in [3.05, 3.63) is 39.5 Å². The molecule has 0 bridgehead atoms. The summed E-state index contributed by atoms with van der Waals surface area (Å²) in [6, 6.07) is 4.97. The number of likely N-dealkylation sites (N-methyl/N-ethyl adjacent to an activating group) is 1. The average Bonchev–Trinajstić information content (AvgIpc) is 2.60. The summed E-state index contributed by atoms with van der Waals surface area (Å²) in [4.78, 5) is 41.2. The Morgan fingerprint density at radius 3 is 2.48 bits per heavy atom. The van der Waals surface area contributed by atoms with Crippen LogP contribution in [-0.2, 0) is 6.54 Å². The van der Waals surface area contributed by atoms with Gasteiger partial charge in [-0.15, -0.1) is 0 Å². The maximum atomic E-state index is 12.9. The van der Waals surface area contributed by atoms with Gasteiger partial charge in [0.2, 0.25) is 5.43 Å². The number of piperazine rings is 1. The van der Waals surface area contributed by atoms with Crippen LogP contribution in [0.25, 0.3) is 10.9 Å². The van der Waals surface area contributed by atoms with Gasteiger partial charge in [0.25, 0.3) is 0 Å². The lowest BCUT2D eigenvalue weighted by Gasteiger charge is -2.37. The van der Waals surface area contributed by atoms with Gasteiger partial charge in [0.15, 0.2) is 5.78 Å². The zero-order valence-electron chi connectivity index (χ0n) is 14.0. The van der Waals surface area contributed by atoms with Gasteiger partial charge in [-0.1, -0.05) is 6.07 Å². The molecule has 0 radical (unpaired) electrons. The molecule has 2 aliphatic heterocycles. The number of aromatic carboxylic acids is 1. The van der Waals surface area contributed by atoms with E-state index in [1.54, 1.807) is 18.2 Å². The zero-order chi connectivity index (χ0) is 17.7. The van der Waals surface area contributed by atoms with Crippen molar-refractivity contribution in [2.75, 3.05) is 38.1 Å². The van der Waals surface area contributed by atoms with Crippen molar-refractivity contribution in [3.8, 4) is 0 Å². The molecule has 0 unspecified atom stereocenters. The second kappa shape index (κ2) is 5.70. The van der Waals surface area contributed by atoms with Crippen LogP contribution in [0.3, 0.4) is 0 Å². The number of carboxylic acids is 1. The van der Waals surface area contributed by atoms with Crippen LogP contribution >= 0.6 is 0 Å². The van der Waals surface area contributed by atoms with Crippen molar-refractivity contribution in [2.45, 2.75) is 13.0 Å². The van der Waals surface area contributed by atoms with Crippen molar-refractivity contribution in [1.82, 2.24) is 9.47 Å². The van der Waals surface area contributed by atoms with E-state index < -0.39 is 11.4 Å². The summed E-state index contributed by atoms with van der Waals surface area (Å²) in [6.07, 6.45) is 0.314. The third-order valence-electron chi connectivity index (χ3n) is 5.14. The summed E-state index contributed by atoms with van der Waals surface area (Å²) >= 11 is 0. The molecular formula is C18H19N3O4. The third-order valence-corrected chi connectivity index (χ3v) is 5.14. The lowest BCUT2D eigenvalue weighted by molar-refractivity contribution is 0.0695. The van der Waals surface area contributed by atoms with E-state index in [-0.39, 0.29) is 11.3 Å². The van der Waals surface area contributed by atoms with Crippen LogP contribution in [-0.4, -0.2) is 59.6 Å². The molecule has 2 aliphatic rings. The van der Waals surface area contributed by atoms with E-state index in [4.69, 9.17) is 0 Å². The van der Waals surface area contributed by atoms with Crippen LogP contribution in [0.5, 0.6) is 0 Å². The lowest BCUT2D eigenvalue weighted by atomic mass is 9.97. The first-order valence-corrected chi connectivity index (χ1v) is 8.38. The molecule has 3 heterocycles. The first-order chi connectivity index (χ1) is 12.0. The molecule has 1 fully saturated rings. The van der Waals surface area contributed by atoms with Gasteiger partial charge in [-0.25, -0.2) is 4.79 Å². The standard InChI is InChI=1S/C18H19N3O4/c1-19-7-9-20(10-8-19)17-14(18(24)25)16(23)12-4-2-3-11-13(22)5-6-21(17)15(11)12/h2-4H,5-10H2,1H3,(H,24,25). The number of anilines is 1. The van der Waals surface area contributed by atoms with E-state index in [0.29, 0.717) is 48.3 Å². The second-order valence-electron chi connectivity index (χ2n) is 6.65. The van der Waals surface area contributed by atoms with E-state index in [1.807, 2.05) is 16.5 Å². The highest BCUT2D eigenvalue weighted by molar-refractivity contribution is 6.10. The van der Waals surface area contributed by atoms with Crippen molar-refractivity contribution < 1.29 is 14.7 Å². The molecule has 1 N–H and O–H groups in total. The van der Waals surface area contributed by atoms with Crippen molar-refractivity contribution >= 4 is 28.5 Å². The number of carboxylic acid groups (broad SMARTS) is 1. The Kier molecular flexibility index (Phi) is 3.61. The van der Waals surface area contributed by atoms with Crippen LogP contribution in [0.1, 0.15) is 27.1 Å². The molecule has 1 saturated heterocycles. The largest absolute Gasteiger partial charge is 0.477 e. The molecular weight excluding hydrogens is 322 g/mol. The van der Waals surface area contributed by atoms with Gasteiger partial charge in [0.1, 0.15) is 11.4 Å². The smallest absolute Gasteiger partial charge is 0.343 e. The molecule has 1 aromatic carbocycles.